The lowest BCUT2D eigenvalue weighted by Gasteiger charge is -1.98. The second-order valence-electron chi connectivity index (χ2n) is 3.77. The number of nitrogens with zero attached hydrogens (tertiary/aromatic N) is 3. The largest absolute Gasteiger partial charge is 0.296 e. The number of carbonyl (C=O) groups is 1. The molecule has 1 N–H and O–H groups in total. The molecule has 0 spiro atoms. The van der Waals surface area contributed by atoms with Crippen LogP contribution in [0.15, 0.2) is 30.7 Å². The lowest BCUT2D eigenvalue weighted by Crippen LogP contribution is -2.13. The summed E-state index contributed by atoms with van der Waals surface area (Å²) in [5, 5.41) is 4.09. The lowest BCUT2D eigenvalue weighted by molar-refractivity contribution is 0.102. The first kappa shape index (κ1) is 13.2. The topological polar surface area (TPSA) is 67.8 Å². The molecule has 0 radical (unpaired) electrons. The zero-order valence-electron chi connectivity index (χ0n) is 9.80. The van der Waals surface area contributed by atoms with Crippen LogP contribution in [0.3, 0.4) is 0 Å². The summed E-state index contributed by atoms with van der Waals surface area (Å²) in [6.45, 7) is 0. The molecule has 0 aliphatic heterocycles. The molecule has 3 rings (SSSR count). The highest BCUT2D eigenvalue weighted by Gasteiger charge is 2.14. The molecule has 0 unspecified atom stereocenters. The van der Waals surface area contributed by atoms with Gasteiger partial charge in [-0.3, -0.25) is 15.1 Å². The summed E-state index contributed by atoms with van der Waals surface area (Å²) in [6, 6.07) is 3.36. The highest BCUT2D eigenvalue weighted by Crippen LogP contribution is 2.36. The molecule has 0 bridgehead atoms. The zero-order chi connectivity index (χ0) is 14.1. The van der Waals surface area contributed by atoms with Crippen LogP contribution in [0, 0.1) is 0 Å². The van der Waals surface area contributed by atoms with Gasteiger partial charge in [0.1, 0.15) is 11.2 Å². The Morgan fingerprint density at radius 1 is 1.20 bits per heavy atom. The van der Waals surface area contributed by atoms with Crippen LogP contribution in [0.25, 0.3) is 10.2 Å². The Kier molecular flexibility index (Phi) is 3.52. The molecule has 3 aromatic rings. The number of amides is 1. The maximum atomic E-state index is 11.9. The monoisotopic (exact) mass is 324 g/mol. The predicted molar refractivity (Wildman–Crippen MR) is 79.6 cm³/mol. The first-order valence-electron chi connectivity index (χ1n) is 5.47. The zero-order valence-corrected chi connectivity index (χ0v) is 12.1. The number of nitrogens with one attached hydrogen (secondary N) is 1. The van der Waals surface area contributed by atoms with E-state index in [4.69, 9.17) is 23.2 Å². The van der Waals surface area contributed by atoms with E-state index in [0.717, 1.165) is 4.70 Å². The van der Waals surface area contributed by atoms with E-state index in [1.165, 1.54) is 29.9 Å². The minimum Gasteiger partial charge on any atom is -0.296 e. The van der Waals surface area contributed by atoms with Gasteiger partial charge < -0.3 is 0 Å². The normalized spacial score (nSPS) is 10.7. The van der Waals surface area contributed by atoms with Gasteiger partial charge in [0.2, 0.25) is 0 Å². The summed E-state index contributed by atoms with van der Waals surface area (Å²) in [6.07, 6.45) is 4.32. The van der Waals surface area contributed by atoms with Crippen LogP contribution in [0.1, 0.15) is 10.5 Å². The van der Waals surface area contributed by atoms with Crippen molar-refractivity contribution in [2.75, 3.05) is 5.32 Å². The predicted octanol–water partition coefficient (Wildman–Crippen LogP) is 3.65. The number of thiazole rings is 1. The number of benzene rings is 1. The molecule has 1 amide bonds. The fraction of sp³-hybridized carbons (Fsp3) is 0. The van der Waals surface area contributed by atoms with Crippen molar-refractivity contribution in [2.24, 2.45) is 0 Å². The number of carbonyl (C=O) groups excluding carboxylic acids is 1. The molecule has 0 saturated carbocycles. The molecule has 1 aromatic carbocycles. The summed E-state index contributed by atoms with van der Waals surface area (Å²) in [7, 11) is 0. The molecule has 8 heteroatoms. The number of hydrogen-bond acceptors (Lipinski definition) is 5. The van der Waals surface area contributed by atoms with Crippen molar-refractivity contribution in [1.29, 1.82) is 0 Å². The number of hydrogen-bond donors (Lipinski definition) is 1. The number of rotatable bonds is 2. The molecule has 2 heterocycles. The standard InChI is InChI=1S/C12H6Cl2N4OS/c13-6-1-2-7(14)10-9(6)17-12(20-10)18-11(19)8-5-15-3-4-16-8/h1-5H,(H,17,18,19). The van der Waals surface area contributed by atoms with E-state index in [2.05, 4.69) is 20.3 Å². The number of aromatic nitrogens is 3. The second kappa shape index (κ2) is 5.32. The minimum absolute atomic E-state index is 0.212. The third kappa shape index (κ3) is 2.45. The highest BCUT2D eigenvalue weighted by molar-refractivity contribution is 7.23. The summed E-state index contributed by atoms with van der Waals surface area (Å²) in [5.74, 6) is -0.385. The number of halogens is 2. The molecule has 100 valence electrons. The third-order valence-corrected chi connectivity index (χ3v) is 4.20. The van der Waals surface area contributed by atoms with Gasteiger partial charge in [-0.1, -0.05) is 34.5 Å². The SMILES string of the molecule is O=C(Nc1nc2c(Cl)ccc(Cl)c2s1)c1cnccn1. The quantitative estimate of drug-likeness (QED) is 0.781. The average molecular weight is 325 g/mol. The summed E-state index contributed by atoms with van der Waals surface area (Å²) < 4.78 is 0.730. The third-order valence-electron chi connectivity index (χ3n) is 2.46. The van der Waals surface area contributed by atoms with Crippen LogP contribution >= 0.6 is 34.5 Å². The minimum atomic E-state index is -0.385. The van der Waals surface area contributed by atoms with E-state index in [1.54, 1.807) is 12.1 Å². The molecule has 0 aliphatic carbocycles. The van der Waals surface area contributed by atoms with E-state index < -0.39 is 0 Å². The summed E-state index contributed by atoms with van der Waals surface area (Å²) in [5.41, 5.74) is 0.780. The van der Waals surface area contributed by atoms with Crippen LogP contribution in [0.2, 0.25) is 10.0 Å². The smallest absolute Gasteiger partial charge is 0.277 e. The van der Waals surface area contributed by atoms with Crippen LogP contribution in [-0.2, 0) is 0 Å². The first-order chi connectivity index (χ1) is 9.65. The summed E-state index contributed by atoms with van der Waals surface area (Å²) >= 11 is 13.4. The Morgan fingerprint density at radius 2 is 2.00 bits per heavy atom. The van der Waals surface area contributed by atoms with E-state index in [-0.39, 0.29) is 11.6 Å². The van der Waals surface area contributed by atoms with Crippen molar-refractivity contribution in [3.8, 4) is 0 Å². The van der Waals surface area contributed by atoms with Gasteiger partial charge in [0, 0.05) is 12.4 Å². The van der Waals surface area contributed by atoms with E-state index in [0.29, 0.717) is 20.7 Å². The van der Waals surface area contributed by atoms with Gasteiger partial charge in [-0.05, 0) is 12.1 Å². The van der Waals surface area contributed by atoms with Crippen molar-refractivity contribution >= 4 is 55.8 Å². The first-order valence-corrected chi connectivity index (χ1v) is 7.04. The Balaban J connectivity index is 1.94. The van der Waals surface area contributed by atoms with Gasteiger partial charge in [-0.2, -0.15) is 0 Å². The Hall–Kier alpha value is -1.76. The lowest BCUT2D eigenvalue weighted by atomic mass is 10.3. The molecule has 0 saturated heterocycles. The van der Waals surface area contributed by atoms with Crippen molar-refractivity contribution in [1.82, 2.24) is 15.0 Å². The van der Waals surface area contributed by atoms with Gasteiger partial charge in [0.25, 0.3) is 5.91 Å². The van der Waals surface area contributed by atoms with Crippen LogP contribution < -0.4 is 5.32 Å². The highest BCUT2D eigenvalue weighted by atomic mass is 35.5. The molecular weight excluding hydrogens is 319 g/mol. The Bertz CT molecular complexity index is 752. The molecule has 0 atom stereocenters. The molecule has 2 aromatic heterocycles. The molecule has 0 aliphatic rings. The summed E-state index contributed by atoms with van der Waals surface area (Å²) in [4.78, 5) is 24.0. The Labute approximate surface area is 127 Å². The molecular formula is C12H6Cl2N4OS. The fourth-order valence-corrected chi connectivity index (χ4v) is 2.99. The van der Waals surface area contributed by atoms with Crippen molar-refractivity contribution in [2.45, 2.75) is 0 Å². The second-order valence-corrected chi connectivity index (χ2v) is 5.58. The van der Waals surface area contributed by atoms with Crippen LogP contribution in [-0.4, -0.2) is 20.9 Å². The van der Waals surface area contributed by atoms with Gasteiger partial charge in [-0.15, -0.1) is 0 Å². The van der Waals surface area contributed by atoms with Gasteiger partial charge in [0.05, 0.1) is 20.9 Å². The molecule has 5 nitrogen and oxygen atoms in total. The van der Waals surface area contributed by atoms with Crippen molar-refractivity contribution < 1.29 is 4.79 Å². The van der Waals surface area contributed by atoms with Crippen molar-refractivity contribution in [3.63, 3.8) is 0 Å². The molecule has 0 fully saturated rings. The maximum absolute atomic E-state index is 11.9. The fourth-order valence-electron chi connectivity index (χ4n) is 1.58. The van der Waals surface area contributed by atoms with Crippen LogP contribution in [0.5, 0.6) is 0 Å². The number of fused-ring (bicyclic) bond motifs is 1. The van der Waals surface area contributed by atoms with Gasteiger partial charge in [-0.25, -0.2) is 9.97 Å². The maximum Gasteiger partial charge on any atom is 0.277 e. The van der Waals surface area contributed by atoms with E-state index in [1.807, 2.05) is 0 Å². The average Bonchev–Trinajstić information content (AvgIpc) is 2.89. The molecule has 20 heavy (non-hydrogen) atoms. The van der Waals surface area contributed by atoms with Crippen LogP contribution in [0.4, 0.5) is 5.13 Å². The van der Waals surface area contributed by atoms with Crippen molar-refractivity contribution in [3.05, 3.63) is 46.5 Å². The Morgan fingerprint density at radius 3 is 2.70 bits per heavy atom. The van der Waals surface area contributed by atoms with E-state index in [9.17, 15) is 4.79 Å². The van der Waals surface area contributed by atoms with Gasteiger partial charge in [0.15, 0.2) is 5.13 Å². The van der Waals surface area contributed by atoms with Gasteiger partial charge >= 0.3 is 0 Å². The van der Waals surface area contributed by atoms with E-state index >= 15 is 0 Å². The number of anilines is 1.